The van der Waals surface area contributed by atoms with Gasteiger partial charge in [0.25, 0.3) is 19.2 Å². The average molecular weight is 427 g/mol. The van der Waals surface area contributed by atoms with Gasteiger partial charge in [-0.1, -0.05) is 12.1 Å². The highest BCUT2D eigenvalue weighted by molar-refractivity contribution is 8.13. The Balaban J connectivity index is 2.03. The van der Waals surface area contributed by atoms with Gasteiger partial charge >= 0.3 is 0 Å². The zero-order valence-corrected chi connectivity index (χ0v) is 15.7. The molecule has 3 aromatic carbocycles. The minimum absolute atomic E-state index is 0.0916. The van der Waals surface area contributed by atoms with Gasteiger partial charge in [0.05, 0.1) is 15.5 Å². The van der Waals surface area contributed by atoms with E-state index in [0.29, 0.717) is 10.8 Å². The number of hydrogen-bond donors (Lipinski definition) is 2. The number of fused-ring (bicyclic) bond motifs is 1. The maximum Gasteiger partial charge on any atom is 0.294 e. The number of halogens is 1. The summed E-state index contributed by atoms with van der Waals surface area (Å²) in [5.41, 5.74) is 0.378. The second kappa shape index (κ2) is 6.89. The predicted molar refractivity (Wildman–Crippen MR) is 99.1 cm³/mol. The molecule has 0 unspecified atom stereocenters. The van der Waals surface area contributed by atoms with Crippen molar-refractivity contribution in [3.63, 3.8) is 0 Å². The molecule has 0 aliphatic heterocycles. The Morgan fingerprint density at radius 3 is 2.04 bits per heavy atom. The van der Waals surface area contributed by atoms with Crippen molar-refractivity contribution < 1.29 is 26.5 Å². The van der Waals surface area contributed by atoms with Crippen LogP contribution >= 0.6 is 10.7 Å². The van der Waals surface area contributed by atoms with Gasteiger partial charge in [0.2, 0.25) is 0 Å². The summed E-state index contributed by atoms with van der Waals surface area (Å²) in [7, 11) is -2.88. The summed E-state index contributed by atoms with van der Waals surface area (Å²) in [6.45, 7) is 0. The van der Waals surface area contributed by atoms with Crippen molar-refractivity contribution in [1.82, 2.24) is 0 Å². The fraction of sp³-hybridized carbons (Fsp3) is 0. The fourth-order valence-corrected chi connectivity index (χ4v) is 3.60. The molecule has 11 heteroatoms. The molecule has 0 fully saturated rings. The molecule has 0 saturated carbocycles. The van der Waals surface area contributed by atoms with E-state index in [9.17, 15) is 21.9 Å². The van der Waals surface area contributed by atoms with Gasteiger partial charge in [-0.3, -0.25) is 4.55 Å². The third-order valence-corrected chi connectivity index (χ3v) is 5.84. The van der Waals surface area contributed by atoms with Crippen LogP contribution in [0, 0.1) is 0 Å². The molecule has 3 rings (SSSR count). The second-order valence-corrected chi connectivity index (χ2v) is 9.41. The van der Waals surface area contributed by atoms with Crippen molar-refractivity contribution in [2.24, 2.45) is 10.2 Å². The van der Waals surface area contributed by atoms with Crippen LogP contribution in [-0.4, -0.2) is 26.5 Å². The number of rotatable bonds is 4. The van der Waals surface area contributed by atoms with E-state index in [1.165, 1.54) is 42.5 Å². The number of phenolic OH excluding ortho intramolecular Hbond substituents is 1. The van der Waals surface area contributed by atoms with Crippen LogP contribution in [-0.2, 0) is 19.2 Å². The summed E-state index contributed by atoms with van der Waals surface area (Å²) in [6.07, 6.45) is 0. The van der Waals surface area contributed by atoms with Gasteiger partial charge < -0.3 is 5.11 Å². The Kier molecular flexibility index (Phi) is 4.91. The van der Waals surface area contributed by atoms with E-state index < -0.39 is 19.2 Å². The van der Waals surface area contributed by atoms with Crippen molar-refractivity contribution in [3.05, 3.63) is 54.6 Å². The van der Waals surface area contributed by atoms with Gasteiger partial charge in [-0.15, -0.1) is 5.11 Å². The van der Waals surface area contributed by atoms with Crippen LogP contribution in [0.4, 0.5) is 11.4 Å². The van der Waals surface area contributed by atoms with E-state index in [1.807, 2.05) is 0 Å². The van der Waals surface area contributed by atoms with Gasteiger partial charge in [0, 0.05) is 16.1 Å². The first-order chi connectivity index (χ1) is 12.6. The highest BCUT2D eigenvalue weighted by Crippen LogP contribution is 2.37. The topological polar surface area (TPSA) is 133 Å². The van der Waals surface area contributed by atoms with E-state index in [2.05, 4.69) is 10.2 Å². The summed E-state index contributed by atoms with van der Waals surface area (Å²) in [4.78, 5) is -0.379. The molecular weight excluding hydrogens is 416 g/mol. The van der Waals surface area contributed by atoms with Gasteiger partial charge in [0.15, 0.2) is 0 Å². The van der Waals surface area contributed by atoms with Crippen LogP contribution in [0.3, 0.4) is 0 Å². The molecule has 0 bridgehead atoms. The summed E-state index contributed by atoms with van der Waals surface area (Å²) in [5, 5.41) is 18.9. The van der Waals surface area contributed by atoms with Crippen LogP contribution in [0.5, 0.6) is 5.75 Å². The molecule has 0 radical (unpaired) electrons. The Morgan fingerprint density at radius 1 is 0.815 bits per heavy atom. The van der Waals surface area contributed by atoms with E-state index in [-0.39, 0.29) is 26.9 Å². The fourth-order valence-electron chi connectivity index (χ4n) is 2.33. The lowest BCUT2D eigenvalue weighted by molar-refractivity contribution is 0.477. The Labute approximate surface area is 158 Å². The molecule has 27 heavy (non-hydrogen) atoms. The van der Waals surface area contributed by atoms with Crippen LogP contribution in [0.1, 0.15) is 0 Å². The molecule has 0 aliphatic rings. The zero-order valence-electron chi connectivity index (χ0n) is 13.3. The Hall–Kier alpha value is -2.53. The summed E-state index contributed by atoms with van der Waals surface area (Å²) in [5.74, 6) is -0.178. The molecule has 0 heterocycles. The number of aromatic hydroxyl groups is 1. The first-order valence-electron chi connectivity index (χ1n) is 7.25. The first-order valence-corrected chi connectivity index (χ1v) is 11.0. The molecule has 0 aliphatic carbocycles. The maximum atomic E-state index is 11.5. The monoisotopic (exact) mass is 426 g/mol. The van der Waals surface area contributed by atoms with Gasteiger partial charge in [-0.05, 0) is 47.9 Å². The van der Waals surface area contributed by atoms with Gasteiger partial charge in [0.1, 0.15) is 11.4 Å². The molecule has 0 aromatic heterocycles. The summed E-state index contributed by atoms with van der Waals surface area (Å²) < 4.78 is 53.9. The molecule has 0 saturated heterocycles. The lowest BCUT2D eigenvalue weighted by Crippen LogP contribution is -1.96. The van der Waals surface area contributed by atoms with Gasteiger partial charge in [-0.25, -0.2) is 8.42 Å². The van der Waals surface area contributed by atoms with Crippen molar-refractivity contribution in [2.45, 2.75) is 9.79 Å². The lowest BCUT2D eigenvalue weighted by atomic mass is 10.1. The lowest BCUT2D eigenvalue weighted by Gasteiger charge is -2.05. The third kappa shape index (κ3) is 4.25. The van der Waals surface area contributed by atoms with Crippen molar-refractivity contribution in [1.29, 1.82) is 0 Å². The minimum atomic E-state index is -4.31. The molecular formula is C16H11ClN2O6S2. The standard InChI is InChI=1S/C16H11ClN2O6S2/c17-26(21,22)13-6-7-14-10(9-13)1-8-15(20)16(14)19-18-11-2-4-12(5-3-11)27(23,24)25/h1-9,20H,(H,23,24,25). The first kappa shape index (κ1) is 19.2. The van der Waals surface area contributed by atoms with E-state index in [0.717, 1.165) is 12.1 Å². The summed E-state index contributed by atoms with van der Waals surface area (Å²) >= 11 is 0. The number of phenols is 1. The SMILES string of the molecule is O=S(=O)(O)c1ccc(N=Nc2c(O)ccc3cc(S(=O)(=O)Cl)ccc23)cc1. The van der Waals surface area contributed by atoms with E-state index in [1.54, 1.807) is 0 Å². The Morgan fingerprint density at radius 2 is 1.44 bits per heavy atom. The third-order valence-electron chi connectivity index (χ3n) is 3.62. The zero-order chi connectivity index (χ0) is 19.8. The minimum Gasteiger partial charge on any atom is -0.506 e. The van der Waals surface area contributed by atoms with Crippen LogP contribution < -0.4 is 0 Å². The molecule has 0 atom stereocenters. The average Bonchev–Trinajstić information content (AvgIpc) is 2.59. The van der Waals surface area contributed by atoms with Crippen LogP contribution in [0.15, 0.2) is 74.6 Å². The number of hydrogen-bond acceptors (Lipinski definition) is 7. The number of azo groups is 1. The maximum absolute atomic E-state index is 11.5. The molecule has 3 aromatic rings. The van der Waals surface area contributed by atoms with Gasteiger partial charge in [-0.2, -0.15) is 13.5 Å². The highest BCUT2D eigenvalue weighted by Gasteiger charge is 2.13. The quantitative estimate of drug-likeness (QED) is 0.366. The second-order valence-electron chi connectivity index (χ2n) is 5.42. The van der Waals surface area contributed by atoms with E-state index in [4.69, 9.17) is 15.2 Å². The highest BCUT2D eigenvalue weighted by atomic mass is 35.7. The van der Waals surface area contributed by atoms with E-state index >= 15 is 0 Å². The predicted octanol–water partition coefficient (Wildman–Crippen LogP) is 4.14. The molecule has 2 N–H and O–H groups in total. The van der Waals surface area contributed by atoms with Crippen molar-refractivity contribution in [2.75, 3.05) is 0 Å². The van der Waals surface area contributed by atoms with Crippen LogP contribution in [0.2, 0.25) is 0 Å². The summed E-state index contributed by atoms with van der Waals surface area (Å²) in [6, 6.07) is 11.9. The molecule has 0 amide bonds. The van der Waals surface area contributed by atoms with Crippen molar-refractivity contribution in [3.8, 4) is 5.75 Å². The Bertz CT molecular complexity index is 1270. The molecule has 0 spiro atoms. The molecule has 8 nitrogen and oxygen atoms in total. The van der Waals surface area contributed by atoms with Crippen LogP contribution in [0.25, 0.3) is 10.8 Å². The smallest absolute Gasteiger partial charge is 0.294 e. The normalized spacial score (nSPS) is 12.7. The largest absolute Gasteiger partial charge is 0.506 e. The number of nitrogens with zero attached hydrogens (tertiary/aromatic N) is 2. The molecule has 140 valence electrons. The van der Waals surface area contributed by atoms with Crippen molar-refractivity contribution >= 4 is 52.0 Å². The number of benzene rings is 3.